The lowest BCUT2D eigenvalue weighted by Gasteiger charge is -2.39. The van der Waals surface area contributed by atoms with Gasteiger partial charge in [-0.25, -0.2) is 4.79 Å². The second-order valence-electron chi connectivity index (χ2n) is 10.9. The zero-order chi connectivity index (χ0) is 33.3. The van der Waals surface area contributed by atoms with Crippen LogP contribution in [0.5, 0.6) is 11.8 Å². The third-order valence-electron chi connectivity index (χ3n) is 7.52. The molecule has 1 amide bonds. The van der Waals surface area contributed by atoms with Crippen LogP contribution in [0.3, 0.4) is 0 Å². The number of carbonyl (C=O) groups excluding carboxylic acids is 2. The lowest BCUT2D eigenvalue weighted by molar-refractivity contribution is -0.301. The molecule has 2 fully saturated rings. The third-order valence-corrected chi connectivity index (χ3v) is 7.52. The first-order valence-corrected chi connectivity index (χ1v) is 14.7. The van der Waals surface area contributed by atoms with E-state index in [0.29, 0.717) is 4.73 Å². The molecule has 2 saturated heterocycles. The van der Waals surface area contributed by atoms with Gasteiger partial charge in [0.05, 0.1) is 25.9 Å². The Labute approximate surface area is 258 Å². The number of nitrogens with zero attached hydrogens (tertiary/aromatic N) is 2. The highest BCUT2D eigenvalue weighted by Crippen LogP contribution is 2.23. The van der Waals surface area contributed by atoms with Crippen LogP contribution in [0.1, 0.15) is 39.0 Å². The monoisotopic (exact) mass is 652 g/mol. The standard InChI is InChI=1S/C27H44N2O16/c1-14-20(35)22(37)24(39)26(43-14)42-12-10-28(9-4-11-41-27-25(40)23(38)21(36)15(13-30)44-27)16(31)5-2-3-6-19(34)45-29-17(32)7-8-18(29)33/h7-8,14-15,20-27,30,32-33,35-40H,2-6,9-13H2,1H3. The fourth-order valence-electron chi connectivity index (χ4n) is 4.80. The maximum absolute atomic E-state index is 13.1. The minimum Gasteiger partial charge on any atom is -0.492 e. The molecule has 0 bridgehead atoms. The van der Waals surface area contributed by atoms with E-state index in [4.69, 9.17) is 23.8 Å². The van der Waals surface area contributed by atoms with E-state index in [-0.39, 0.29) is 64.3 Å². The highest BCUT2D eigenvalue weighted by atomic mass is 16.7. The maximum Gasteiger partial charge on any atom is 0.333 e. The van der Waals surface area contributed by atoms with Gasteiger partial charge < -0.3 is 74.6 Å². The molecule has 18 heteroatoms. The molecule has 2 aliphatic heterocycles. The Balaban J connectivity index is 1.49. The lowest BCUT2D eigenvalue weighted by Crippen LogP contribution is -2.59. The van der Waals surface area contributed by atoms with Crippen LogP contribution in [0.2, 0.25) is 0 Å². The van der Waals surface area contributed by atoms with Crippen LogP contribution in [0.25, 0.3) is 0 Å². The first-order valence-electron chi connectivity index (χ1n) is 14.7. The van der Waals surface area contributed by atoms with Crippen LogP contribution in [-0.2, 0) is 28.5 Å². The average Bonchev–Trinajstić information content (AvgIpc) is 3.33. The van der Waals surface area contributed by atoms with E-state index in [0.717, 1.165) is 12.1 Å². The van der Waals surface area contributed by atoms with Crippen LogP contribution in [0, 0.1) is 0 Å². The Morgan fingerprint density at radius 1 is 0.778 bits per heavy atom. The number of aliphatic hydroxyl groups is 7. The summed E-state index contributed by atoms with van der Waals surface area (Å²) >= 11 is 0. The van der Waals surface area contributed by atoms with E-state index in [1.165, 1.54) is 11.8 Å². The van der Waals surface area contributed by atoms with Crippen molar-refractivity contribution >= 4 is 11.9 Å². The van der Waals surface area contributed by atoms with Gasteiger partial charge in [0.2, 0.25) is 17.7 Å². The number of amides is 1. The first-order chi connectivity index (χ1) is 21.3. The van der Waals surface area contributed by atoms with Gasteiger partial charge in [0.25, 0.3) is 0 Å². The normalized spacial score (nSPS) is 31.9. The van der Waals surface area contributed by atoms with Gasteiger partial charge in [-0.15, -0.1) is 4.73 Å². The van der Waals surface area contributed by atoms with Crippen molar-refractivity contribution in [3.63, 3.8) is 0 Å². The van der Waals surface area contributed by atoms with Gasteiger partial charge in [-0.05, 0) is 26.2 Å². The molecule has 0 aliphatic carbocycles. The van der Waals surface area contributed by atoms with Crippen molar-refractivity contribution in [1.82, 2.24) is 9.63 Å². The summed E-state index contributed by atoms with van der Waals surface area (Å²) < 4.78 is 22.3. The van der Waals surface area contributed by atoms with Crippen LogP contribution in [0.15, 0.2) is 12.1 Å². The predicted octanol–water partition coefficient (Wildman–Crippen LogP) is -3.71. The summed E-state index contributed by atoms with van der Waals surface area (Å²) in [7, 11) is 0. The molecule has 0 aromatic carbocycles. The molecule has 258 valence electrons. The van der Waals surface area contributed by atoms with Gasteiger partial charge in [-0.3, -0.25) is 4.79 Å². The van der Waals surface area contributed by atoms with Gasteiger partial charge in [0, 0.05) is 38.1 Å². The first kappa shape index (κ1) is 36.8. The van der Waals surface area contributed by atoms with Crippen molar-refractivity contribution in [3.05, 3.63) is 12.1 Å². The number of rotatable bonds is 16. The number of aliphatic hydroxyl groups excluding tert-OH is 7. The van der Waals surface area contributed by atoms with Gasteiger partial charge >= 0.3 is 5.97 Å². The number of aromatic hydroxyl groups is 2. The van der Waals surface area contributed by atoms with E-state index in [2.05, 4.69) is 0 Å². The number of hydrogen-bond acceptors (Lipinski definition) is 16. The Kier molecular flexibility index (Phi) is 14.2. The molecule has 2 aliphatic rings. The fraction of sp³-hybridized carbons (Fsp3) is 0.778. The van der Waals surface area contributed by atoms with E-state index in [9.17, 15) is 55.5 Å². The van der Waals surface area contributed by atoms with Crippen LogP contribution in [0.4, 0.5) is 0 Å². The number of unbranched alkanes of at least 4 members (excludes halogenated alkanes) is 1. The molecule has 9 N–H and O–H groups in total. The molecule has 0 radical (unpaired) electrons. The summed E-state index contributed by atoms with van der Waals surface area (Å²) in [6.45, 7) is 0.862. The summed E-state index contributed by atoms with van der Waals surface area (Å²) in [4.78, 5) is 31.4. The minimum absolute atomic E-state index is 0.0192. The van der Waals surface area contributed by atoms with E-state index in [1.807, 2.05) is 0 Å². The van der Waals surface area contributed by atoms with Crippen LogP contribution < -0.4 is 4.84 Å². The number of carbonyl (C=O) groups is 2. The zero-order valence-corrected chi connectivity index (χ0v) is 24.8. The topological polar surface area (TPSA) is 271 Å². The molecule has 45 heavy (non-hydrogen) atoms. The molecular weight excluding hydrogens is 608 g/mol. The molecule has 0 spiro atoms. The van der Waals surface area contributed by atoms with E-state index >= 15 is 0 Å². The van der Waals surface area contributed by atoms with Crippen molar-refractivity contribution < 1.29 is 79.3 Å². The van der Waals surface area contributed by atoms with Crippen molar-refractivity contribution in [3.8, 4) is 11.8 Å². The predicted molar refractivity (Wildman–Crippen MR) is 147 cm³/mol. The molecule has 10 atom stereocenters. The van der Waals surface area contributed by atoms with Crippen LogP contribution in [-0.4, -0.2) is 162 Å². The quantitative estimate of drug-likeness (QED) is 0.0777. The molecule has 1 aromatic heterocycles. The largest absolute Gasteiger partial charge is 0.492 e. The second kappa shape index (κ2) is 17.3. The average molecular weight is 653 g/mol. The minimum atomic E-state index is -1.60. The summed E-state index contributed by atoms with van der Waals surface area (Å²) in [6.07, 6.45) is -12.9. The van der Waals surface area contributed by atoms with Gasteiger partial charge in [-0.1, -0.05) is 0 Å². The summed E-state index contributed by atoms with van der Waals surface area (Å²) in [5.74, 6) is -1.99. The van der Waals surface area contributed by atoms with Gasteiger partial charge in [0.15, 0.2) is 12.6 Å². The van der Waals surface area contributed by atoms with Gasteiger partial charge in [-0.2, -0.15) is 0 Å². The lowest BCUT2D eigenvalue weighted by atomic mass is 9.99. The molecule has 18 nitrogen and oxygen atoms in total. The Morgan fingerprint density at radius 2 is 1.36 bits per heavy atom. The molecule has 3 rings (SSSR count). The van der Waals surface area contributed by atoms with Crippen molar-refractivity contribution in [2.45, 2.75) is 100 Å². The summed E-state index contributed by atoms with van der Waals surface area (Å²) in [5.41, 5.74) is 0. The third kappa shape index (κ3) is 9.93. The molecule has 10 unspecified atom stereocenters. The highest BCUT2D eigenvalue weighted by Gasteiger charge is 2.44. The maximum atomic E-state index is 13.1. The molecular formula is C27H44N2O16. The highest BCUT2D eigenvalue weighted by molar-refractivity contribution is 5.76. The molecule has 1 aromatic rings. The van der Waals surface area contributed by atoms with Crippen molar-refractivity contribution in [2.75, 3.05) is 32.9 Å². The number of hydrogen-bond donors (Lipinski definition) is 9. The van der Waals surface area contributed by atoms with Crippen molar-refractivity contribution in [1.29, 1.82) is 0 Å². The van der Waals surface area contributed by atoms with Crippen LogP contribution >= 0.6 is 0 Å². The fourth-order valence-corrected chi connectivity index (χ4v) is 4.80. The smallest absolute Gasteiger partial charge is 0.333 e. The van der Waals surface area contributed by atoms with Crippen molar-refractivity contribution in [2.24, 2.45) is 0 Å². The molecule has 3 heterocycles. The summed E-state index contributed by atoms with van der Waals surface area (Å²) in [5, 5.41) is 88.5. The zero-order valence-electron chi connectivity index (χ0n) is 24.8. The second-order valence-corrected chi connectivity index (χ2v) is 10.9. The van der Waals surface area contributed by atoms with E-state index in [1.54, 1.807) is 0 Å². The number of aromatic nitrogens is 1. The SMILES string of the molecule is CC1OC(OCCN(CCCOC2OC(CO)C(O)C(O)C2O)C(=O)CCCCC(=O)On2c(O)ccc2O)C(O)C(O)C1O. The number of ether oxygens (including phenoxy) is 4. The Morgan fingerprint density at radius 3 is 2.00 bits per heavy atom. The summed E-state index contributed by atoms with van der Waals surface area (Å²) in [6, 6.07) is 2.28. The molecule has 0 saturated carbocycles. The van der Waals surface area contributed by atoms with E-state index < -0.39 is 85.7 Å². The Bertz CT molecular complexity index is 1050. The van der Waals surface area contributed by atoms with Gasteiger partial charge in [0.1, 0.15) is 42.7 Å². The Hall–Kier alpha value is -2.62.